The number of hydrogen-bond acceptors (Lipinski definition) is 5. The number of rotatable bonds is 6. The lowest BCUT2D eigenvalue weighted by molar-refractivity contribution is -0.122. The number of anilines is 2. The van der Waals surface area contributed by atoms with Gasteiger partial charge in [0.1, 0.15) is 5.75 Å². The first-order chi connectivity index (χ1) is 13.8. The van der Waals surface area contributed by atoms with E-state index in [9.17, 15) is 9.59 Å². The Morgan fingerprint density at radius 3 is 2.55 bits per heavy atom. The number of benzene rings is 2. The molecule has 0 aliphatic heterocycles. The molecule has 1 aromatic heterocycles. The summed E-state index contributed by atoms with van der Waals surface area (Å²) >= 11 is 7.45. The zero-order valence-electron chi connectivity index (χ0n) is 16.2. The van der Waals surface area contributed by atoms with Crippen molar-refractivity contribution in [2.45, 2.75) is 26.9 Å². The van der Waals surface area contributed by atoms with E-state index < -0.39 is 6.10 Å². The molecule has 0 fully saturated rings. The fraction of sp³-hybridized carbons (Fsp3) is 0.190. The van der Waals surface area contributed by atoms with Crippen LogP contribution in [0.2, 0.25) is 5.02 Å². The number of hydrogen-bond donors (Lipinski definition) is 2. The molecule has 0 saturated heterocycles. The minimum Gasteiger partial charge on any atom is -0.479 e. The van der Waals surface area contributed by atoms with E-state index in [-0.39, 0.29) is 11.8 Å². The SMILES string of the molecule is CC(=O)Nc1ccc(-c2csc(NC(=O)C(C)Oc3cc(C)ccc3Cl)n2)cc1. The van der Waals surface area contributed by atoms with Gasteiger partial charge in [-0.2, -0.15) is 0 Å². The summed E-state index contributed by atoms with van der Waals surface area (Å²) in [6, 6.07) is 12.7. The Kier molecular flexibility index (Phi) is 6.51. The smallest absolute Gasteiger partial charge is 0.266 e. The topological polar surface area (TPSA) is 80.3 Å². The van der Waals surface area contributed by atoms with Crippen LogP contribution in [0.25, 0.3) is 11.3 Å². The van der Waals surface area contributed by atoms with E-state index in [1.807, 2.05) is 30.5 Å². The lowest BCUT2D eigenvalue weighted by atomic mass is 10.1. The summed E-state index contributed by atoms with van der Waals surface area (Å²) < 4.78 is 5.69. The summed E-state index contributed by atoms with van der Waals surface area (Å²) in [6.07, 6.45) is -0.737. The monoisotopic (exact) mass is 429 g/mol. The fourth-order valence-electron chi connectivity index (χ4n) is 2.54. The standard InChI is InChI=1S/C21H20ClN3O3S/c1-12-4-9-17(22)19(10-12)28-13(2)20(27)25-21-24-18(11-29-21)15-5-7-16(8-6-15)23-14(3)26/h4-11,13H,1-3H3,(H,23,26)(H,24,25,27). The van der Waals surface area contributed by atoms with Gasteiger partial charge in [-0.15, -0.1) is 11.3 Å². The van der Waals surface area contributed by atoms with Crippen molar-refractivity contribution in [3.05, 3.63) is 58.4 Å². The highest BCUT2D eigenvalue weighted by atomic mass is 35.5. The Bertz CT molecular complexity index is 1030. The minimum absolute atomic E-state index is 0.125. The van der Waals surface area contributed by atoms with E-state index in [2.05, 4.69) is 15.6 Å². The van der Waals surface area contributed by atoms with Gasteiger partial charge in [-0.25, -0.2) is 4.98 Å². The molecule has 2 N–H and O–H groups in total. The molecule has 1 heterocycles. The van der Waals surface area contributed by atoms with Gasteiger partial charge >= 0.3 is 0 Å². The van der Waals surface area contributed by atoms with Gasteiger partial charge in [0.15, 0.2) is 11.2 Å². The Labute approximate surface area is 177 Å². The minimum atomic E-state index is -0.737. The zero-order valence-corrected chi connectivity index (χ0v) is 17.7. The molecule has 0 radical (unpaired) electrons. The van der Waals surface area contributed by atoms with Gasteiger partial charge in [-0.1, -0.05) is 29.8 Å². The maximum absolute atomic E-state index is 12.5. The second-order valence-corrected chi connectivity index (χ2v) is 7.74. The second kappa shape index (κ2) is 9.07. The Morgan fingerprint density at radius 1 is 1.14 bits per heavy atom. The van der Waals surface area contributed by atoms with E-state index in [1.54, 1.807) is 31.2 Å². The highest BCUT2D eigenvalue weighted by Gasteiger charge is 2.18. The number of thiazole rings is 1. The fourth-order valence-corrected chi connectivity index (χ4v) is 3.43. The highest BCUT2D eigenvalue weighted by molar-refractivity contribution is 7.14. The van der Waals surface area contributed by atoms with Crippen molar-refractivity contribution in [3.63, 3.8) is 0 Å². The van der Waals surface area contributed by atoms with Crippen LogP contribution in [0.1, 0.15) is 19.4 Å². The first-order valence-electron chi connectivity index (χ1n) is 8.89. The molecule has 6 nitrogen and oxygen atoms in total. The van der Waals surface area contributed by atoms with Crippen molar-refractivity contribution in [1.82, 2.24) is 4.98 Å². The number of nitrogens with one attached hydrogen (secondary N) is 2. The maximum atomic E-state index is 12.5. The van der Waals surface area contributed by atoms with Crippen molar-refractivity contribution in [1.29, 1.82) is 0 Å². The van der Waals surface area contributed by atoms with Gasteiger partial charge in [0.25, 0.3) is 5.91 Å². The number of carbonyl (C=O) groups excluding carboxylic acids is 2. The van der Waals surface area contributed by atoms with Crippen LogP contribution in [-0.4, -0.2) is 22.9 Å². The molecular weight excluding hydrogens is 410 g/mol. The van der Waals surface area contributed by atoms with E-state index in [1.165, 1.54) is 18.3 Å². The van der Waals surface area contributed by atoms with Crippen LogP contribution in [0.15, 0.2) is 47.8 Å². The molecule has 1 atom stereocenters. The van der Waals surface area contributed by atoms with Crippen molar-refractivity contribution in [2.75, 3.05) is 10.6 Å². The van der Waals surface area contributed by atoms with Crippen LogP contribution in [0.3, 0.4) is 0 Å². The summed E-state index contributed by atoms with van der Waals surface area (Å²) in [6.45, 7) is 5.04. The van der Waals surface area contributed by atoms with Gasteiger partial charge in [0, 0.05) is 23.6 Å². The van der Waals surface area contributed by atoms with Gasteiger partial charge in [0.2, 0.25) is 5.91 Å². The third kappa shape index (κ3) is 5.56. The van der Waals surface area contributed by atoms with Gasteiger partial charge in [-0.3, -0.25) is 14.9 Å². The Morgan fingerprint density at radius 2 is 1.86 bits per heavy atom. The van der Waals surface area contributed by atoms with E-state index in [4.69, 9.17) is 16.3 Å². The Hall–Kier alpha value is -2.90. The normalized spacial score (nSPS) is 11.6. The van der Waals surface area contributed by atoms with Crippen molar-refractivity contribution < 1.29 is 14.3 Å². The average Bonchev–Trinajstić information content (AvgIpc) is 3.13. The molecule has 3 aromatic rings. The number of aryl methyl sites for hydroxylation is 1. The first-order valence-corrected chi connectivity index (χ1v) is 10.1. The van der Waals surface area contributed by atoms with Crippen LogP contribution in [0.4, 0.5) is 10.8 Å². The van der Waals surface area contributed by atoms with Crippen LogP contribution < -0.4 is 15.4 Å². The molecule has 0 bridgehead atoms. The molecule has 29 heavy (non-hydrogen) atoms. The molecule has 150 valence electrons. The van der Waals surface area contributed by atoms with Gasteiger partial charge in [-0.05, 0) is 43.7 Å². The molecule has 0 aliphatic rings. The molecule has 3 rings (SSSR count). The summed E-state index contributed by atoms with van der Waals surface area (Å²) in [5.41, 5.74) is 3.32. The first kappa shape index (κ1) is 20.8. The molecule has 8 heteroatoms. The van der Waals surface area contributed by atoms with E-state index in [0.29, 0.717) is 21.6 Å². The molecule has 2 amide bonds. The third-order valence-electron chi connectivity index (χ3n) is 4.00. The largest absolute Gasteiger partial charge is 0.479 e. The molecule has 0 spiro atoms. The predicted octanol–water partition coefficient (Wildman–Crippen LogP) is 5.14. The van der Waals surface area contributed by atoms with Crippen molar-refractivity contribution >= 4 is 45.6 Å². The lowest BCUT2D eigenvalue weighted by Gasteiger charge is -2.15. The van der Waals surface area contributed by atoms with E-state index >= 15 is 0 Å². The molecule has 0 aliphatic carbocycles. The van der Waals surface area contributed by atoms with E-state index in [0.717, 1.165) is 16.8 Å². The van der Waals surface area contributed by atoms with Gasteiger partial charge < -0.3 is 10.1 Å². The lowest BCUT2D eigenvalue weighted by Crippen LogP contribution is -2.30. The average molecular weight is 430 g/mol. The second-order valence-electron chi connectivity index (χ2n) is 6.48. The summed E-state index contributed by atoms with van der Waals surface area (Å²) in [7, 11) is 0. The molecule has 2 aromatic carbocycles. The highest BCUT2D eigenvalue weighted by Crippen LogP contribution is 2.28. The van der Waals surface area contributed by atoms with Crippen LogP contribution in [-0.2, 0) is 9.59 Å². The quantitative estimate of drug-likeness (QED) is 0.568. The number of nitrogens with zero attached hydrogens (tertiary/aromatic N) is 1. The maximum Gasteiger partial charge on any atom is 0.266 e. The van der Waals surface area contributed by atoms with Gasteiger partial charge in [0.05, 0.1) is 10.7 Å². The number of carbonyl (C=O) groups is 2. The Balaban J connectivity index is 1.63. The summed E-state index contributed by atoms with van der Waals surface area (Å²) in [4.78, 5) is 28.0. The molecular formula is C21H20ClN3O3S. The predicted molar refractivity (Wildman–Crippen MR) is 117 cm³/mol. The van der Waals surface area contributed by atoms with Crippen LogP contribution >= 0.6 is 22.9 Å². The van der Waals surface area contributed by atoms with Crippen LogP contribution in [0, 0.1) is 6.92 Å². The molecule has 1 unspecified atom stereocenters. The van der Waals surface area contributed by atoms with Crippen LogP contribution in [0.5, 0.6) is 5.75 Å². The number of aromatic nitrogens is 1. The van der Waals surface area contributed by atoms with Crippen molar-refractivity contribution in [3.8, 4) is 17.0 Å². The summed E-state index contributed by atoms with van der Waals surface area (Å²) in [5.74, 6) is 0.0255. The zero-order chi connectivity index (χ0) is 21.0. The summed E-state index contributed by atoms with van der Waals surface area (Å²) in [5, 5.41) is 8.26. The third-order valence-corrected chi connectivity index (χ3v) is 5.06. The number of amides is 2. The number of ether oxygens (including phenoxy) is 1. The number of halogens is 1. The molecule has 0 saturated carbocycles. The van der Waals surface area contributed by atoms with Crippen molar-refractivity contribution in [2.24, 2.45) is 0 Å².